The molecule has 0 saturated heterocycles. The fourth-order valence-corrected chi connectivity index (χ4v) is 6.75. The molecular weight excluding hydrogens is 255 g/mol. The van der Waals surface area contributed by atoms with Crippen LogP contribution in [0.2, 0.25) is 8.35 Å². The van der Waals surface area contributed by atoms with Crippen LogP contribution < -0.4 is 0 Å². The zero-order valence-electron chi connectivity index (χ0n) is 7.75. The first kappa shape index (κ1) is 10.2. The number of carbonyl (C=O) groups is 1. The molecule has 0 aromatic rings. The van der Waals surface area contributed by atoms with Crippen molar-refractivity contribution < 1.29 is 9.53 Å². The second-order valence-corrected chi connectivity index (χ2v) is 11.7. The van der Waals surface area contributed by atoms with Gasteiger partial charge >= 0.3 is 81.6 Å². The molecule has 0 unspecified atom stereocenters. The van der Waals surface area contributed by atoms with Crippen LogP contribution in [0.3, 0.4) is 0 Å². The predicted molar refractivity (Wildman–Crippen MR) is 50.7 cm³/mol. The Morgan fingerprint density at radius 2 is 2.08 bits per heavy atom. The predicted octanol–water partition coefficient (Wildman–Crippen LogP) is 2.43. The third-order valence-corrected chi connectivity index (χ3v) is 9.08. The van der Waals surface area contributed by atoms with Gasteiger partial charge in [-0.2, -0.15) is 0 Å². The first-order valence-corrected chi connectivity index (χ1v) is 10.8. The van der Waals surface area contributed by atoms with Crippen molar-refractivity contribution in [3.63, 3.8) is 0 Å². The molecule has 1 rings (SSSR count). The van der Waals surface area contributed by atoms with Crippen LogP contribution in [0.5, 0.6) is 0 Å². The summed E-state index contributed by atoms with van der Waals surface area (Å²) in [6, 6.07) is 0. The number of carbonyl (C=O) groups excluding carboxylic acids is 1. The van der Waals surface area contributed by atoms with Crippen LogP contribution in [0, 0.1) is 5.92 Å². The molecular formula is C9H15InO2. The van der Waals surface area contributed by atoms with E-state index in [0.29, 0.717) is 12.5 Å². The summed E-state index contributed by atoms with van der Waals surface area (Å²) in [5.41, 5.74) is 0. The van der Waals surface area contributed by atoms with Gasteiger partial charge in [0.2, 0.25) is 0 Å². The van der Waals surface area contributed by atoms with E-state index in [9.17, 15) is 4.79 Å². The standard InChI is InChI=1S/C5H9O2.C4H6.In/c1-5(2)3-7-4-6;1-3-4-2;/h5H,3H2,1-2H3;3-4H,1-2H2;. The van der Waals surface area contributed by atoms with E-state index in [1.54, 1.807) is 0 Å². The fraction of sp³-hybridized carbons (Fsp3) is 0.667. The van der Waals surface area contributed by atoms with E-state index in [-0.39, 0.29) is 3.73 Å². The maximum absolute atomic E-state index is 11.4. The van der Waals surface area contributed by atoms with Crippen LogP contribution in [-0.4, -0.2) is 31.8 Å². The SMILES string of the molecule is CC(C)CO[C](=O)[In]1[CH2]C=C[CH2]1. The quantitative estimate of drug-likeness (QED) is 0.736. The monoisotopic (exact) mass is 270 g/mol. The molecule has 0 amide bonds. The summed E-state index contributed by atoms with van der Waals surface area (Å²) in [5, 5.41) is 0. The van der Waals surface area contributed by atoms with E-state index in [1.165, 1.54) is 0 Å². The van der Waals surface area contributed by atoms with Crippen LogP contribution in [0.1, 0.15) is 13.8 Å². The van der Waals surface area contributed by atoms with Crippen LogP contribution >= 0.6 is 0 Å². The Labute approximate surface area is 81.5 Å². The molecule has 0 saturated carbocycles. The second kappa shape index (κ2) is 4.95. The zero-order chi connectivity index (χ0) is 8.97. The van der Waals surface area contributed by atoms with Crippen LogP contribution in [-0.2, 0) is 4.74 Å². The van der Waals surface area contributed by atoms with Crippen molar-refractivity contribution in [3.05, 3.63) is 12.2 Å². The molecule has 0 fully saturated rings. The van der Waals surface area contributed by atoms with Crippen molar-refractivity contribution in [2.24, 2.45) is 5.92 Å². The Morgan fingerprint density at radius 1 is 1.50 bits per heavy atom. The van der Waals surface area contributed by atoms with E-state index in [4.69, 9.17) is 4.74 Å². The summed E-state index contributed by atoms with van der Waals surface area (Å²) in [6.45, 7) is 4.73. The molecule has 12 heavy (non-hydrogen) atoms. The Morgan fingerprint density at radius 3 is 2.58 bits per heavy atom. The number of hydrogen-bond donors (Lipinski definition) is 0. The van der Waals surface area contributed by atoms with E-state index in [0.717, 1.165) is 8.35 Å². The van der Waals surface area contributed by atoms with Crippen LogP contribution in [0.4, 0.5) is 4.79 Å². The molecule has 0 aromatic heterocycles. The molecule has 0 N–H and O–H groups in total. The minimum atomic E-state index is -1.88. The molecule has 66 valence electrons. The fourth-order valence-electron chi connectivity index (χ4n) is 1.18. The zero-order valence-corrected chi connectivity index (χ0v) is 11.0. The molecule has 0 bridgehead atoms. The average Bonchev–Trinajstić information content (AvgIpc) is 2.51. The first-order chi connectivity index (χ1) is 5.70. The Balaban J connectivity index is 2.20. The number of hydrogen-bond acceptors (Lipinski definition) is 2. The third-order valence-electron chi connectivity index (χ3n) is 1.90. The van der Waals surface area contributed by atoms with E-state index in [2.05, 4.69) is 26.0 Å². The van der Waals surface area contributed by atoms with Gasteiger partial charge in [0.25, 0.3) is 0 Å². The van der Waals surface area contributed by atoms with Gasteiger partial charge in [-0.1, -0.05) is 0 Å². The Kier molecular flexibility index (Phi) is 4.19. The van der Waals surface area contributed by atoms with E-state index < -0.39 is 21.4 Å². The van der Waals surface area contributed by atoms with E-state index in [1.807, 2.05) is 0 Å². The van der Waals surface area contributed by atoms with Gasteiger partial charge in [0, 0.05) is 0 Å². The molecule has 1 aliphatic heterocycles. The maximum atomic E-state index is 11.4. The number of ether oxygens (including phenoxy) is 1. The van der Waals surface area contributed by atoms with Crippen LogP contribution in [0.15, 0.2) is 12.2 Å². The molecule has 1 aliphatic rings. The van der Waals surface area contributed by atoms with Gasteiger partial charge in [-0.25, -0.2) is 0 Å². The number of allylic oxidation sites excluding steroid dienone is 2. The normalized spacial score (nSPS) is 15.8. The summed E-state index contributed by atoms with van der Waals surface area (Å²) in [6.07, 6.45) is 4.27. The molecule has 1 heterocycles. The summed E-state index contributed by atoms with van der Waals surface area (Å²) < 4.78 is 7.51. The van der Waals surface area contributed by atoms with Gasteiger partial charge < -0.3 is 0 Å². The van der Waals surface area contributed by atoms with E-state index >= 15 is 0 Å². The van der Waals surface area contributed by atoms with Crippen molar-refractivity contribution in [1.82, 2.24) is 0 Å². The molecule has 0 radical (unpaired) electrons. The summed E-state index contributed by atoms with van der Waals surface area (Å²) >= 11 is -1.88. The average molecular weight is 270 g/mol. The van der Waals surface area contributed by atoms with Gasteiger partial charge in [-0.05, 0) is 0 Å². The second-order valence-electron chi connectivity index (χ2n) is 3.66. The van der Waals surface area contributed by atoms with Crippen molar-refractivity contribution in [3.8, 4) is 0 Å². The molecule has 0 aromatic carbocycles. The topological polar surface area (TPSA) is 26.3 Å². The van der Waals surface area contributed by atoms with Gasteiger partial charge in [0.15, 0.2) is 0 Å². The van der Waals surface area contributed by atoms with Crippen molar-refractivity contribution in [2.75, 3.05) is 6.61 Å². The molecule has 0 atom stereocenters. The summed E-state index contributed by atoms with van der Waals surface area (Å²) in [4.78, 5) is 11.4. The number of rotatable bonds is 3. The van der Waals surface area contributed by atoms with Crippen molar-refractivity contribution in [2.45, 2.75) is 22.2 Å². The Bertz CT molecular complexity index is 179. The molecule has 3 heteroatoms. The summed E-state index contributed by atoms with van der Waals surface area (Å²) in [7, 11) is 0. The van der Waals surface area contributed by atoms with Gasteiger partial charge in [0.1, 0.15) is 0 Å². The molecule has 2 nitrogen and oxygen atoms in total. The van der Waals surface area contributed by atoms with Gasteiger partial charge in [-0.15, -0.1) is 0 Å². The minimum absolute atomic E-state index is 0.176. The van der Waals surface area contributed by atoms with Gasteiger partial charge in [0.05, 0.1) is 0 Å². The first-order valence-electron chi connectivity index (χ1n) is 4.51. The van der Waals surface area contributed by atoms with Gasteiger partial charge in [-0.3, -0.25) is 0 Å². The molecule has 0 aliphatic carbocycles. The third kappa shape index (κ3) is 3.21. The molecule has 0 spiro atoms. The summed E-state index contributed by atoms with van der Waals surface area (Å²) in [5.74, 6) is 0.467. The van der Waals surface area contributed by atoms with Crippen molar-refractivity contribution >= 4 is 25.2 Å². The Hall–Kier alpha value is 0.0801. The van der Waals surface area contributed by atoms with Crippen LogP contribution in [0.25, 0.3) is 0 Å². The van der Waals surface area contributed by atoms with Crippen molar-refractivity contribution in [1.29, 1.82) is 0 Å².